The first-order chi connectivity index (χ1) is 16.8. The molecule has 2 N–H and O–H groups in total. The SMILES string of the molecule is CCCc1nn(C)c2c(=O)[nH]c(-c3cc(S(=O)(=O)N4CCN(SC=N)CC4)ccc3OCC)nc12.I. The zero-order chi connectivity index (χ0) is 25.2. The summed E-state index contributed by atoms with van der Waals surface area (Å²) in [5.74, 6) is 0.669. The lowest BCUT2D eigenvalue weighted by molar-refractivity contribution is 0.290. The van der Waals surface area contributed by atoms with E-state index >= 15 is 0 Å². The Morgan fingerprint density at radius 1 is 1.22 bits per heavy atom. The van der Waals surface area contributed by atoms with Crippen LogP contribution >= 0.6 is 35.9 Å². The highest BCUT2D eigenvalue weighted by Gasteiger charge is 2.30. The highest BCUT2D eigenvalue weighted by Crippen LogP contribution is 2.32. The number of hydrogen-bond acceptors (Lipinski definition) is 9. The second kappa shape index (κ2) is 12.0. The van der Waals surface area contributed by atoms with Gasteiger partial charge >= 0.3 is 0 Å². The van der Waals surface area contributed by atoms with Crippen molar-refractivity contribution in [2.45, 2.75) is 31.6 Å². The fraction of sp³-hybridized carbons (Fsp3) is 0.455. The van der Waals surface area contributed by atoms with Crippen molar-refractivity contribution < 1.29 is 13.2 Å². The van der Waals surface area contributed by atoms with E-state index in [-0.39, 0.29) is 40.3 Å². The summed E-state index contributed by atoms with van der Waals surface area (Å²) in [7, 11) is -2.07. The largest absolute Gasteiger partial charge is 0.493 e. The molecule has 1 fully saturated rings. The topological polar surface area (TPSA) is 137 Å². The molecule has 1 saturated heterocycles. The van der Waals surface area contributed by atoms with Crippen molar-refractivity contribution in [1.82, 2.24) is 28.4 Å². The lowest BCUT2D eigenvalue weighted by Gasteiger charge is -2.32. The second-order valence-corrected chi connectivity index (χ2v) is 11.0. The smallest absolute Gasteiger partial charge is 0.277 e. The van der Waals surface area contributed by atoms with Gasteiger partial charge < -0.3 is 15.1 Å². The van der Waals surface area contributed by atoms with Gasteiger partial charge in [0.2, 0.25) is 10.0 Å². The Balaban J connectivity index is 0.00000361. The second-order valence-electron chi connectivity index (χ2n) is 8.08. The number of benzene rings is 1. The molecular formula is C22H30IN7O4S2. The molecule has 1 aliphatic heterocycles. The Kier molecular flexibility index (Phi) is 9.54. The molecule has 3 heterocycles. The molecule has 0 amide bonds. The molecule has 3 aromatic rings. The van der Waals surface area contributed by atoms with Crippen molar-refractivity contribution >= 4 is 62.5 Å². The van der Waals surface area contributed by atoms with E-state index < -0.39 is 10.0 Å². The minimum atomic E-state index is -3.78. The third-order valence-corrected chi connectivity index (χ3v) is 8.46. The van der Waals surface area contributed by atoms with Crippen molar-refractivity contribution in [3.8, 4) is 17.1 Å². The minimum Gasteiger partial charge on any atom is -0.493 e. The number of nitrogens with one attached hydrogen (secondary N) is 2. The maximum atomic E-state index is 13.4. The summed E-state index contributed by atoms with van der Waals surface area (Å²) in [5, 5.41) is 11.7. The van der Waals surface area contributed by atoms with E-state index in [2.05, 4.69) is 10.1 Å². The zero-order valence-electron chi connectivity index (χ0n) is 20.4. The molecule has 0 atom stereocenters. The number of piperazine rings is 1. The lowest BCUT2D eigenvalue weighted by Crippen LogP contribution is -2.46. The van der Waals surface area contributed by atoms with Crippen LogP contribution in [0, 0.1) is 5.41 Å². The van der Waals surface area contributed by atoms with Crippen molar-refractivity contribution in [3.05, 3.63) is 34.2 Å². The van der Waals surface area contributed by atoms with E-state index in [0.717, 1.165) is 12.1 Å². The van der Waals surface area contributed by atoms with Gasteiger partial charge in [0.25, 0.3) is 5.56 Å². The number of hydrogen-bond donors (Lipinski definition) is 2. The molecule has 14 heteroatoms. The highest BCUT2D eigenvalue weighted by molar-refractivity contribution is 14.0. The molecule has 1 aliphatic rings. The van der Waals surface area contributed by atoms with Crippen molar-refractivity contribution in [3.63, 3.8) is 0 Å². The summed E-state index contributed by atoms with van der Waals surface area (Å²) < 4.78 is 37.5. The molecule has 0 spiro atoms. The van der Waals surface area contributed by atoms with Gasteiger partial charge in [-0.1, -0.05) is 13.3 Å². The van der Waals surface area contributed by atoms with Gasteiger partial charge in [-0.05, 0) is 43.5 Å². The summed E-state index contributed by atoms with van der Waals surface area (Å²) in [4.78, 5) is 20.5. The number of aromatic nitrogens is 4. The Morgan fingerprint density at radius 3 is 2.58 bits per heavy atom. The number of H-pyrrole nitrogens is 1. The van der Waals surface area contributed by atoms with Crippen LogP contribution in [0.1, 0.15) is 26.0 Å². The minimum absolute atomic E-state index is 0. The predicted molar refractivity (Wildman–Crippen MR) is 152 cm³/mol. The average Bonchev–Trinajstić information content (AvgIpc) is 3.15. The first-order valence-electron chi connectivity index (χ1n) is 11.4. The van der Waals surface area contributed by atoms with Gasteiger partial charge in [0, 0.05) is 33.2 Å². The standard InChI is InChI=1S/C22H29N7O4S2.HI/c1-4-6-17-19-20(27(3)26-17)22(30)25-21(24-19)16-13-15(7-8-18(16)33-5-2)35(31,32)29-11-9-28(10-12-29)34-14-23;/h7-8,13-14,23H,4-6,9-12H2,1-3H3,(H,24,25,30);1H. The summed E-state index contributed by atoms with van der Waals surface area (Å²) in [5.41, 5.74) is 2.89. The Labute approximate surface area is 231 Å². The first-order valence-corrected chi connectivity index (χ1v) is 13.7. The fourth-order valence-electron chi connectivity index (χ4n) is 4.15. The molecule has 36 heavy (non-hydrogen) atoms. The average molecular weight is 648 g/mol. The monoisotopic (exact) mass is 647 g/mol. The number of rotatable bonds is 9. The van der Waals surface area contributed by atoms with E-state index in [1.54, 1.807) is 13.1 Å². The molecule has 0 radical (unpaired) electrons. The van der Waals surface area contributed by atoms with Crippen LogP contribution in [-0.2, 0) is 23.5 Å². The third kappa shape index (κ3) is 5.61. The molecule has 0 unspecified atom stereocenters. The van der Waals surface area contributed by atoms with Gasteiger partial charge in [0.1, 0.15) is 17.1 Å². The number of fused-ring (bicyclic) bond motifs is 1. The normalized spacial score (nSPS) is 15.1. The van der Waals surface area contributed by atoms with Crippen LogP contribution in [-0.4, -0.2) is 75.1 Å². The molecule has 0 bridgehead atoms. The van der Waals surface area contributed by atoms with E-state index in [4.69, 9.17) is 15.1 Å². The summed E-state index contributed by atoms with van der Waals surface area (Å²) in [6.07, 6.45) is 1.52. The van der Waals surface area contributed by atoms with Gasteiger partial charge in [-0.25, -0.2) is 17.7 Å². The van der Waals surface area contributed by atoms with E-state index in [9.17, 15) is 13.2 Å². The number of sulfonamides is 1. The van der Waals surface area contributed by atoms with Gasteiger partial charge in [0.05, 0.1) is 28.3 Å². The highest BCUT2D eigenvalue weighted by atomic mass is 127. The Hall–Kier alpha value is -2.01. The van der Waals surface area contributed by atoms with Crippen molar-refractivity contribution in [2.75, 3.05) is 32.8 Å². The van der Waals surface area contributed by atoms with Crippen LogP contribution in [0.5, 0.6) is 5.75 Å². The maximum absolute atomic E-state index is 13.4. The number of ether oxygens (including phenoxy) is 1. The van der Waals surface area contributed by atoms with Crippen molar-refractivity contribution in [1.29, 1.82) is 5.41 Å². The maximum Gasteiger partial charge on any atom is 0.277 e. The van der Waals surface area contributed by atoms with Crippen LogP contribution in [0.4, 0.5) is 0 Å². The number of aryl methyl sites for hydroxylation is 2. The summed E-state index contributed by atoms with van der Waals surface area (Å²) >= 11 is 1.26. The number of aromatic amines is 1. The van der Waals surface area contributed by atoms with Crippen molar-refractivity contribution in [2.24, 2.45) is 7.05 Å². The predicted octanol–water partition coefficient (Wildman–Crippen LogP) is 2.85. The third-order valence-electron chi connectivity index (χ3n) is 5.79. The molecular weight excluding hydrogens is 617 g/mol. The molecule has 11 nitrogen and oxygen atoms in total. The Bertz CT molecular complexity index is 1400. The molecule has 4 rings (SSSR count). The van der Waals surface area contributed by atoms with Gasteiger partial charge in [-0.15, -0.1) is 24.0 Å². The van der Waals surface area contributed by atoms with Gasteiger partial charge in [0.15, 0.2) is 5.52 Å². The summed E-state index contributed by atoms with van der Waals surface area (Å²) in [6, 6.07) is 4.64. The lowest BCUT2D eigenvalue weighted by atomic mass is 10.1. The van der Waals surface area contributed by atoms with Crippen LogP contribution in [0.3, 0.4) is 0 Å². The van der Waals surface area contributed by atoms with Crippen LogP contribution in [0.2, 0.25) is 0 Å². The van der Waals surface area contributed by atoms with Crippen LogP contribution in [0.15, 0.2) is 27.9 Å². The van der Waals surface area contributed by atoms with E-state index in [1.807, 2.05) is 18.2 Å². The van der Waals surface area contributed by atoms with Crippen LogP contribution < -0.4 is 10.3 Å². The molecule has 0 aliphatic carbocycles. The molecule has 2 aromatic heterocycles. The summed E-state index contributed by atoms with van der Waals surface area (Å²) in [6.45, 7) is 5.92. The molecule has 196 valence electrons. The number of nitrogens with zero attached hydrogens (tertiary/aromatic N) is 5. The molecule has 1 aromatic carbocycles. The quantitative estimate of drug-likeness (QED) is 0.157. The van der Waals surface area contributed by atoms with Gasteiger partial charge in [-0.3, -0.25) is 9.48 Å². The first kappa shape index (κ1) is 28.6. The van der Waals surface area contributed by atoms with Gasteiger partial charge in [-0.2, -0.15) is 9.40 Å². The Morgan fingerprint density at radius 2 is 1.94 bits per heavy atom. The number of halogens is 1. The fourth-order valence-corrected chi connectivity index (χ4v) is 6.13. The molecule has 0 saturated carbocycles. The van der Waals surface area contributed by atoms with Crippen LogP contribution in [0.25, 0.3) is 22.4 Å². The van der Waals surface area contributed by atoms with E-state index in [0.29, 0.717) is 61.6 Å². The zero-order valence-corrected chi connectivity index (χ0v) is 24.3. The van der Waals surface area contributed by atoms with E-state index in [1.165, 1.54) is 38.6 Å².